The molecule has 2 rings (SSSR count). The Balaban J connectivity index is 1.97. The molecule has 20 heavy (non-hydrogen) atoms. The van der Waals surface area contributed by atoms with E-state index in [1.165, 1.54) is 12.0 Å². The molecule has 4 nitrogen and oxygen atoms in total. The molecule has 1 aromatic heterocycles. The minimum Gasteiger partial charge on any atom is -0.466 e. The fraction of sp³-hybridized carbons (Fsp3) is 0.688. The summed E-state index contributed by atoms with van der Waals surface area (Å²) in [6, 6.07) is 2.09. The van der Waals surface area contributed by atoms with Gasteiger partial charge in [-0.2, -0.15) is 0 Å². The van der Waals surface area contributed by atoms with Crippen LogP contribution < -0.4 is 5.32 Å². The van der Waals surface area contributed by atoms with Gasteiger partial charge in [0, 0.05) is 32.2 Å². The average molecular weight is 277 g/mol. The minimum absolute atomic E-state index is 0.732. The molecule has 1 N–H and O–H groups in total. The smallest absolute Gasteiger partial charge is 0.193 e. The van der Waals surface area contributed by atoms with Crippen LogP contribution >= 0.6 is 0 Å². The van der Waals surface area contributed by atoms with Crippen molar-refractivity contribution >= 4 is 5.96 Å². The van der Waals surface area contributed by atoms with Gasteiger partial charge in [-0.25, -0.2) is 0 Å². The summed E-state index contributed by atoms with van der Waals surface area (Å²) in [4.78, 5) is 6.81. The van der Waals surface area contributed by atoms with E-state index in [1.54, 1.807) is 0 Å². The maximum Gasteiger partial charge on any atom is 0.193 e. The van der Waals surface area contributed by atoms with Gasteiger partial charge in [0.2, 0.25) is 0 Å². The van der Waals surface area contributed by atoms with E-state index in [9.17, 15) is 0 Å². The van der Waals surface area contributed by atoms with Gasteiger partial charge in [0.25, 0.3) is 0 Å². The summed E-state index contributed by atoms with van der Waals surface area (Å²) in [6.07, 6.45) is 1.31. The molecule has 2 atom stereocenters. The van der Waals surface area contributed by atoms with Crippen molar-refractivity contribution in [3.63, 3.8) is 0 Å². The Morgan fingerprint density at radius 1 is 1.35 bits per heavy atom. The summed E-state index contributed by atoms with van der Waals surface area (Å²) >= 11 is 0. The maximum absolute atomic E-state index is 5.57. The molecule has 0 saturated carbocycles. The van der Waals surface area contributed by atoms with Crippen molar-refractivity contribution in [1.82, 2.24) is 10.2 Å². The second kappa shape index (κ2) is 6.33. The number of nitrogens with zero attached hydrogens (tertiary/aromatic N) is 2. The quantitative estimate of drug-likeness (QED) is 0.667. The molecule has 0 aliphatic carbocycles. The lowest BCUT2D eigenvalue weighted by Gasteiger charge is -2.37. The molecule has 1 saturated heterocycles. The lowest BCUT2D eigenvalue weighted by molar-refractivity contribution is 0.208. The zero-order chi connectivity index (χ0) is 14.7. The van der Waals surface area contributed by atoms with Crippen LogP contribution in [-0.2, 0) is 6.54 Å². The van der Waals surface area contributed by atoms with Gasteiger partial charge < -0.3 is 14.6 Å². The van der Waals surface area contributed by atoms with Crippen LogP contribution in [-0.4, -0.2) is 31.0 Å². The number of nitrogens with one attached hydrogen (secondary N) is 1. The first-order valence-corrected chi connectivity index (χ1v) is 7.51. The highest BCUT2D eigenvalue weighted by Gasteiger charge is 2.24. The van der Waals surface area contributed by atoms with Gasteiger partial charge in [-0.3, -0.25) is 4.99 Å². The van der Waals surface area contributed by atoms with Gasteiger partial charge in [0.05, 0.1) is 0 Å². The number of likely N-dealkylation sites (tertiary alicyclic amines) is 1. The maximum atomic E-state index is 5.57. The lowest BCUT2D eigenvalue weighted by Crippen LogP contribution is -2.48. The zero-order valence-corrected chi connectivity index (χ0v) is 13.4. The molecule has 0 aromatic carbocycles. The van der Waals surface area contributed by atoms with E-state index in [-0.39, 0.29) is 0 Å². The van der Waals surface area contributed by atoms with Gasteiger partial charge in [-0.15, -0.1) is 0 Å². The van der Waals surface area contributed by atoms with E-state index < -0.39 is 0 Å². The molecule has 1 aliphatic rings. The van der Waals surface area contributed by atoms with Crippen LogP contribution in [0.5, 0.6) is 0 Å². The number of guanidine groups is 1. The van der Waals surface area contributed by atoms with Crippen LogP contribution in [0.4, 0.5) is 0 Å². The monoisotopic (exact) mass is 277 g/mol. The molecule has 4 heteroatoms. The van der Waals surface area contributed by atoms with E-state index in [4.69, 9.17) is 4.42 Å². The number of piperidine rings is 1. The Morgan fingerprint density at radius 2 is 2.00 bits per heavy atom. The van der Waals surface area contributed by atoms with E-state index in [0.29, 0.717) is 0 Å². The summed E-state index contributed by atoms with van der Waals surface area (Å²) < 4.78 is 5.57. The molecule has 1 aromatic rings. The van der Waals surface area contributed by atoms with E-state index in [2.05, 4.69) is 35.1 Å². The Labute approximate surface area is 122 Å². The molecule has 1 aliphatic heterocycles. The van der Waals surface area contributed by atoms with E-state index in [0.717, 1.165) is 49.0 Å². The standard InChI is InChI=1S/C16H27N3O/c1-11-6-12(2)10-19(9-11)16(17-5)18-8-15-7-13(3)20-14(15)4/h7,11-12H,6,8-10H2,1-5H3,(H,17,18). The molecule has 2 heterocycles. The highest BCUT2D eigenvalue weighted by molar-refractivity contribution is 5.80. The van der Waals surface area contributed by atoms with Crippen LogP contribution in [0.25, 0.3) is 0 Å². The van der Waals surface area contributed by atoms with Crippen molar-refractivity contribution in [3.8, 4) is 0 Å². The Hall–Kier alpha value is -1.45. The number of aliphatic imine (C=N–C) groups is 1. The van der Waals surface area contributed by atoms with Crippen molar-refractivity contribution in [2.45, 2.75) is 40.7 Å². The SMILES string of the molecule is CN=C(NCc1cc(C)oc1C)N1CC(C)CC(C)C1. The topological polar surface area (TPSA) is 40.8 Å². The van der Waals surface area contributed by atoms with E-state index in [1.807, 2.05) is 20.9 Å². The predicted molar refractivity (Wildman–Crippen MR) is 82.9 cm³/mol. The van der Waals surface area contributed by atoms with Crippen molar-refractivity contribution in [3.05, 3.63) is 23.2 Å². The number of rotatable bonds is 2. The second-order valence-corrected chi connectivity index (χ2v) is 6.19. The highest BCUT2D eigenvalue weighted by Crippen LogP contribution is 2.21. The molecular weight excluding hydrogens is 250 g/mol. The fourth-order valence-corrected chi connectivity index (χ4v) is 3.20. The number of furan rings is 1. The van der Waals surface area contributed by atoms with Crippen LogP contribution in [0.3, 0.4) is 0 Å². The molecule has 0 radical (unpaired) electrons. The van der Waals surface area contributed by atoms with Crippen LogP contribution in [0.2, 0.25) is 0 Å². The molecule has 2 unspecified atom stereocenters. The minimum atomic E-state index is 0.732. The van der Waals surface area contributed by atoms with Gasteiger partial charge in [0.15, 0.2) is 5.96 Å². The van der Waals surface area contributed by atoms with Crippen LogP contribution in [0.15, 0.2) is 15.5 Å². The van der Waals surface area contributed by atoms with E-state index >= 15 is 0 Å². The molecule has 0 amide bonds. The van der Waals surface area contributed by atoms with Gasteiger partial charge >= 0.3 is 0 Å². The molecule has 112 valence electrons. The lowest BCUT2D eigenvalue weighted by atomic mass is 9.92. The fourth-order valence-electron chi connectivity index (χ4n) is 3.20. The largest absolute Gasteiger partial charge is 0.466 e. The third kappa shape index (κ3) is 3.56. The van der Waals surface area contributed by atoms with Crippen LogP contribution in [0, 0.1) is 25.7 Å². The number of aryl methyl sites for hydroxylation is 2. The number of hydrogen-bond donors (Lipinski definition) is 1. The molecule has 0 bridgehead atoms. The summed E-state index contributed by atoms with van der Waals surface area (Å²) in [7, 11) is 1.86. The first-order valence-electron chi connectivity index (χ1n) is 7.51. The predicted octanol–water partition coefficient (Wildman–Crippen LogP) is 2.95. The third-order valence-corrected chi connectivity index (χ3v) is 3.96. The first-order chi connectivity index (χ1) is 9.49. The summed E-state index contributed by atoms with van der Waals surface area (Å²) in [5.41, 5.74) is 1.21. The molecular formula is C16H27N3O. The zero-order valence-electron chi connectivity index (χ0n) is 13.4. The summed E-state index contributed by atoms with van der Waals surface area (Å²) in [5.74, 6) is 4.42. The van der Waals surface area contributed by atoms with Crippen molar-refractivity contribution in [2.75, 3.05) is 20.1 Å². The van der Waals surface area contributed by atoms with Crippen molar-refractivity contribution in [1.29, 1.82) is 0 Å². The summed E-state index contributed by atoms with van der Waals surface area (Å²) in [5, 5.41) is 3.47. The third-order valence-electron chi connectivity index (χ3n) is 3.96. The van der Waals surface area contributed by atoms with Crippen LogP contribution in [0.1, 0.15) is 37.4 Å². The van der Waals surface area contributed by atoms with Gasteiger partial charge in [-0.05, 0) is 38.2 Å². The molecule has 1 fully saturated rings. The molecule has 0 spiro atoms. The van der Waals surface area contributed by atoms with Gasteiger partial charge in [0.1, 0.15) is 11.5 Å². The first kappa shape index (κ1) is 14.9. The Bertz CT molecular complexity index is 468. The second-order valence-electron chi connectivity index (χ2n) is 6.19. The Kier molecular flexibility index (Phi) is 4.73. The highest BCUT2D eigenvalue weighted by atomic mass is 16.3. The Morgan fingerprint density at radius 3 is 2.50 bits per heavy atom. The number of hydrogen-bond acceptors (Lipinski definition) is 2. The van der Waals surface area contributed by atoms with Crippen molar-refractivity contribution in [2.24, 2.45) is 16.8 Å². The average Bonchev–Trinajstić information content (AvgIpc) is 2.67. The van der Waals surface area contributed by atoms with Gasteiger partial charge in [-0.1, -0.05) is 13.8 Å². The normalized spacial score (nSPS) is 24.1. The van der Waals surface area contributed by atoms with Crippen molar-refractivity contribution < 1.29 is 4.42 Å². The summed E-state index contributed by atoms with van der Waals surface area (Å²) in [6.45, 7) is 11.6.